The van der Waals surface area contributed by atoms with Gasteiger partial charge in [0.05, 0.1) is 12.3 Å². The third kappa shape index (κ3) is 2.22. The monoisotopic (exact) mass is 220 g/mol. The minimum atomic E-state index is -0.130. The van der Waals surface area contributed by atoms with Gasteiger partial charge in [0.15, 0.2) is 5.84 Å². The van der Waals surface area contributed by atoms with Crippen LogP contribution in [0.2, 0.25) is 0 Å². The van der Waals surface area contributed by atoms with E-state index in [0.717, 1.165) is 5.71 Å². The molecule has 0 spiro atoms. The van der Waals surface area contributed by atoms with Gasteiger partial charge in [-0.15, -0.1) is 0 Å². The maximum Gasteiger partial charge on any atom is 0.249 e. The molecule has 6 nitrogen and oxygen atoms in total. The van der Waals surface area contributed by atoms with Crippen LogP contribution in [0, 0.1) is 0 Å². The number of carbonyl (C=O) groups is 1. The van der Waals surface area contributed by atoms with Gasteiger partial charge < -0.3 is 10.1 Å². The van der Waals surface area contributed by atoms with Crippen LogP contribution in [-0.4, -0.2) is 44.1 Å². The van der Waals surface area contributed by atoms with Gasteiger partial charge in [0.2, 0.25) is 5.91 Å². The normalized spacial score (nSPS) is 17.4. The Morgan fingerprint density at radius 1 is 1.56 bits per heavy atom. The molecule has 0 aromatic carbocycles. The van der Waals surface area contributed by atoms with Crippen LogP contribution < -0.4 is 5.32 Å². The molecule has 0 aromatic rings. The molecule has 0 bridgehead atoms. The number of nitrogens with zero attached hydrogens (tertiary/aromatic N) is 3. The molecule has 0 fully saturated rings. The van der Waals surface area contributed by atoms with Crippen LogP contribution in [0.5, 0.6) is 0 Å². The van der Waals surface area contributed by atoms with Gasteiger partial charge in [-0.25, -0.2) is 15.0 Å². The van der Waals surface area contributed by atoms with Crippen LogP contribution in [0.15, 0.2) is 26.8 Å². The molecule has 1 amide bonds. The smallest absolute Gasteiger partial charge is 0.249 e. The number of aliphatic imine (C=N–C) groups is 3. The topological polar surface area (TPSA) is 75.4 Å². The number of fused-ring (bicyclic) bond motifs is 1. The van der Waals surface area contributed by atoms with Crippen molar-refractivity contribution < 1.29 is 9.53 Å². The standard InChI is InChI=1S/C10H12N4O2/c1-16-3-2-11-10(15)7-4-8-9(12-5-7)14-6-13-8/h5-6H,2-4H2,1H3,(H,11,15). The fraction of sp³-hybridized carbons (Fsp3) is 0.400. The van der Waals surface area contributed by atoms with Gasteiger partial charge in [-0.05, 0) is 0 Å². The second-order valence-corrected chi connectivity index (χ2v) is 3.35. The Bertz CT molecular complexity index is 421. The average molecular weight is 220 g/mol. The van der Waals surface area contributed by atoms with Gasteiger partial charge in [0.25, 0.3) is 0 Å². The first-order valence-electron chi connectivity index (χ1n) is 4.95. The molecule has 2 heterocycles. The molecule has 0 radical (unpaired) electrons. The largest absolute Gasteiger partial charge is 0.383 e. The molecule has 2 aliphatic heterocycles. The molecule has 2 rings (SSSR count). The van der Waals surface area contributed by atoms with E-state index in [4.69, 9.17) is 4.74 Å². The summed E-state index contributed by atoms with van der Waals surface area (Å²) in [6.07, 6.45) is 3.48. The summed E-state index contributed by atoms with van der Waals surface area (Å²) in [5, 5.41) is 2.74. The van der Waals surface area contributed by atoms with Crippen LogP contribution in [0.25, 0.3) is 0 Å². The minimum absolute atomic E-state index is 0.130. The zero-order valence-corrected chi connectivity index (χ0v) is 8.93. The fourth-order valence-corrected chi connectivity index (χ4v) is 1.40. The molecule has 0 saturated carbocycles. The first-order chi connectivity index (χ1) is 7.81. The quantitative estimate of drug-likeness (QED) is 0.673. The Morgan fingerprint density at radius 3 is 3.25 bits per heavy atom. The number of hydrogen-bond donors (Lipinski definition) is 1. The van der Waals surface area contributed by atoms with Crippen molar-refractivity contribution in [2.24, 2.45) is 15.0 Å². The van der Waals surface area contributed by atoms with E-state index < -0.39 is 0 Å². The second-order valence-electron chi connectivity index (χ2n) is 3.35. The highest BCUT2D eigenvalue weighted by molar-refractivity contribution is 6.47. The zero-order chi connectivity index (χ0) is 11.4. The summed E-state index contributed by atoms with van der Waals surface area (Å²) in [6.45, 7) is 0.990. The van der Waals surface area contributed by atoms with E-state index in [1.807, 2.05) is 0 Å². The molecular weight excluding hydrogens is 208 g/mol. The Morgan fingerprint density at radius 2 is 2.44 bits per heavy atom. The van der Waals surface area contributed by atoms with Gasteiger partial charge in [-0.3, -0.25) is 4.79 Å². The van der Waals surface area contributed by atoms with Crippen molar-refractivity contribution in [3.63, 3.8) is 0 Å². The molecule has 6 heteroatoms. The summed E-state index contributed by atoms with van der Waals surface area (Å²) < 4.78 is 4.84. The lowest BCUT2D eigenvalue weighted by Gasteiger charge is -2.11. The van der Waals surface area contributed by atoms with E-state index in [9.17, 15) is 4.79 Å². The molecule has 84 valence electrons. The van der Waals surface area contributed by atoms with Crippen LogP contribution in [0.1, 0.15) is 6.42 Å². The zero-order valence-electron chi connectivity index (χ0n) is 8.93. The maximum absolute atomic E-state index is 11.7. The molecule has 2 aliphatic rings. The molecule has 0 unspecified atom stereocenters. The van der Waals surface area contributed by atoms with Crippen molar-refractivity contribution in [2.45, 2.75) is 6.42 Å². The van der Waals surface area contributed by atoms with Gasteiger partial charge in [0, 0.05) is 31.8 Å². The Kier molecular flexibility index (Phi) is 3.21. The number of amidine groups is 1. The molecule has 0 aliphatic carbocycles. The van der Waals surface area contributed by atoms with Gasteiger partial charge in [-0.1, -0.05) is 0 Å². The summed E-state index contributed by atoms with van der Waals surface area (Å²) in [7, 11) is 1.59. The molecule has 16 heavy (non-hydrogen) atoms. The first kappa shape index (κ1) is 10.7. The lowest BCUT2D eigenvalue weighted by Crippen LogP contribution is -2.30. The molecule has 0 aromatic heterocycles. The Hall–Kier alpha value is -1.82. The van der Waals surface area contributed by atoms with E-state index in [-0.39, 0.29) is 5.91 Å². The highest BCUT2D eigenvalue weighted by Gasteiger charge is 2.21. The first-order valence-corrected chi connectivity index (χ1v) is 4.95. The molecular formula is C10H12N4O2. The summed E-state index contributed by atoms with van der Waals surface area (Å²) in [5.74, 6) is 0.475. The summed E-state index contributed by atoms with van der Waals surface area (Å²) in [4.78, 5) is 23.7. The summed E-state index contributed by atoms with van der Waals surface area (Å²) >= 11 is 0. The average Bonchev–Trinajstić information content (AvgIpc) is 2.76. The summed E-state index contributed by atoms with van der Waals surface area (Å²) in [5.41, 5.74) is 1.35. The molecule has 1 N–H and O–H groups in total. The molecule has 0 atom stereocenters. The van der Waals surface area contributed by atoms with Gasteiger partial charge in [0.1, 0.15) is 6.34 Å². The number of rotatable bonds is 4. The van der Waals surface area contributed by atoms with E-state index in [0.29, 0.717) is 31.0 Å². The van der Waals surface area contributed by atoms with Crippen molar-refractivity contribution in [3.05, 3.63) is 11.8 Å². The highest BCUT2D eigenvalue weighted by atomic mass is 16.5. The van der Waals surface area contributed by atoms with Crippen molar-refractivity contribution in [3.8, 4) is 0 Å². The predicted molar refractivity (Wildman–Crippen MR) is 60.9 cm³/mol. The maximum atomic E-state index is 11.7. The van der Waals surface area contributed by atoms with Crippen LogP contribution >= 0.6 is 0 Å². The van der Waals surface area contributed by atoms with Crippen molar-refractivity contribution in [1.82, 2.24) is 5.32 Å². The number of amides is 1. The van der Waals surface area contributed by atoms with Gasteiger partial charge in [-0.2, -0.15) is 0 Å². The Labute approximate surface area is 92.8 Å². The minimum Gasteiger partial charge on any atom is -0.383 e. The van der Waals surface area contributed by atoms with E-state index >= 15 is 0 Å². The lowest BCUT2D eigenvalue weighted by atomic mass is 10.1. The van der Waals surface area contributed by atoms with E-state index in [1.54, 1.807) is 13.3 Å². The van der Waals surface area contributed by atoms with Crippen molar-refractivity contribution in [2.75, 3.05) is 20.3 Å². The van der Waals surface area contributed by atoms with E-state index in [1.165, 1.54) is 6.34 Å². The van der Waals surface area contributed by atoms with Crippen molar-refractivity contribution >= 4 is 23.8 Å². The lowest BCUT2D eigenvalue weighted by molar-refractivity contribution is -0.117. The predicted octanol–water partition coefficient (Wildman–Crippen LogP) is -0.0820. The highest BCUT2D eigenvalue weighted by Crippen LogP contribution is 2.13. The second kappa shape index (κ2) is 4.80. The van der Waals surface area contributed by atoms with Crippen molar-refractivity contribution in [1.29, 1.82) is 0 Å². The molecule has 0 saturated heterocycles. The SMILES string of the molecule is COCCNC(=O)C1=CN=C2N=CN=C2C1. The fourth-order valence-electron chi connectivity index (χ4n) is 1.40. The number of nitrogens with one attached hydrogen (secondary N) is 1. The van der Waals surface area contributed by atoms with Crippen LogP contribution in [0.4, 0.5) is 0 Å². The van der Waals surface area contributed by atoms with Crippen LogP contribution in [-0.2, 0) is 9.53 Å². The van der Waals surface area contributed by atoms with Crippen LogP contribution in [0.3, 0.4) is 0 Å². The number of hydrogen-bond acceptors (Lipinski definition) is 5. The van der Waals surface area contributed by atoms with E-state index in [2.05, 4.69) is 20.3 Å². The third-order valence-electron chi connectivity index (χ3n) is 2.24. The number of ether oxygens (including phenoxy) is 1. The third-order valence-corrected chi connectivity index (χ3v) is 2.24. The van der Waals surface area contributed by atoms with Gasteiger partial charge >= 0.3 is 0 Å². The number of methoxy groups -OCH3 is 1. The Balaban J connectivity index is 1.94. The summed E-state index contributed by atoms with van der Waals surface area (Å²) in [6, 6.07) is 0. The number of carbonyl (C=O) groups excluding carboxylic acids is 1.